The molecule has 0 spiro atoms. The summed E-state index contributed by atoms with van der Waals surface area (Å²) in [6.45, 7) is 3.79. The van der Waals surface area contributed by atoms with E-state index in [1.165, 1.54) is 36.5 Å². The minimum Gasteiger partial charge on any atom is -0.322 e. The monoisotopic (exact) mass is 413 g/mol. The number of rotatable bonds is 7. The molecule has 0 aliphatic carbocycles. The van der Waals surface area contributed by atoms with Crippen molar-refractivity contribution in [3.8, 4) is 11.3 Å². The molecule has 150 valence electrons. The van der Waals surface area contributed by atoms with Gasteiger partial charge in [0.15, 0.2) is 0 Å². The zero-order valence-corrected chi connectivity index (χ0v) is 16.5. The molecule has 0 saturated carbocycles. The van der Waals surface area contributed by atoms with Gasteiger partial charge in [-0.3, -0.25) is 4.79 Å². The molecule has 0 aliphatic heterocycles. The van der Waals surface area contributed by atoms with Crippen LogP contribution in [0.5, 0.6) is 0 Å². The number of carbonyl (C=O) groups excluding carboxylic acids is 1. The second-order valence-corrected chi connectivity index (χ2v) is 8.08. The van der Waals surface area contributed by atoms with Crippen LogP contribution in [-0.2, 0) is 21.4 Å². The number of carbonyl (C=O) groups is 1. The second kappa shape index (κ2) is 8.42. The van der Waals surface area contributed by atoms with E-state index in [2.05, 4.69) is 17.2 Å². The highest BCUT2D eigenvalue weighted by Gasteiger charge is 2.23. The standard InChI is InChI=1S/C21H20FN3O3S/c1-3-21(26)24-16-7-6-8-17(12-16)29(27,28)25-14-15(13-23-2)11-20(25)18-9-4-5-10-19(18)22/h3-12,14,23H,1,13H2,2H3,(H,24,26). The van der Waals surface area contributed by atoms with Crippen molar-refractivity contribution in [1.82, 2.24) is 9.29 Å². The highest BCUT2D eigenvalue weighted by molar-refractivity contribution is 7.90. The average molecular weight is 413 g/mol. The van der Waals surface area contributed by atoms with E-state index in [1.54, 1.807) is 31.3 Å². The van der Waals surface area contributed by atoms with Crippen LogP contribution in [0.1, 0.15) is 5.56 Å². The van der Waals surface area contributed by atoms with Crippen molar-refractivity contribution in [3.05, 3.63) is 84.8 Å². The fraction of sp³-hybridized carbons (Fsp3) is 0.0952. The van der Waals surface area contributed by atoms with Crippen LogP contribution < -0.4 is 10.6 Å². The van der Waals surface area contributed by atoms with E-state index in [0.29, 0.717) is 17.8 Å². The first kappa shape index (κ1) is 20.5. The predicted molar refractivity (Wildman–Crippen MR) is 110 cm³/mol. The highest BCUT2D eigenvalue weighted by Crippen LogP contribution is 2.29. The molecule has 3 aromatic rings. The molecule has 3 rings (SSSR count). The van der Waals surface area contributed by atoms with Crippen LogP contribution in [0.3, 0.4) is 0 Å². The molecular formula is C21H20FN3O3S. The largest absolute Gasteiger partial charge is 0.322 e. The number of aromatic nitrogens is 1. The van der Waals surface area contributed by atoms with Gasteiger partial charge in [0.25, 0.3) is 10.0 Å². The number of nitrogens with one attached hydrogen (secondary N) is 2. The Hall–Kier alpha value is -3.23. The van der Waals surface area contributed by atoms with Crippen molar-refractivity contribution in [2.24, 2.45) is 0 Å². The minimum atomic E-state index is -4.05. The van der Waals surface area contributed by atoms with E-state index in [0.717, 1.165) is 10.0 Å². The van der Waals surface area contributed by atoms with Gasteiger partial charge in [-0.2, -0.15) is 0 Å². The SMILES string of the molecule is C=CC(=O)Nc1cccc(S(=O)(=O)n2cc(CNC)cc2-c2ccccc2F)c1. The summed E-state index contributed by atoms with van der Waals surface area (Å²) in [5, 5.41) is 5.50. The molecule has 0 bridgehead atoms. The molecule has 8 heteroatoms. The molecule has 2 N–H and O–H groups in total. The number of benzene rings is 2. The van der Waals surface area contributed by atoms with Crippen molar-refractivity contribution >= 4 is 21.6 Å². The fourth-order valence-electron chi connectivity index (χ4n) is 2.90. The Bertz CT molecular complexity index is 1170. The first-order chi connectivity index (χ1) is 13.9. The Morgan fingerprint density at radius 1 is 1.17 bits per heavy atom. The summed E-state index contributed by atoms with van der Waals surface area (Å²) < 4.78 is 42.2. The zero-order chi connectivity index (χ0) is 21.0. The molecule has 1 heterocycles. The number of hydrogen-bond acceptors (Lipinski definition) is 4. The topological polar surface area (TPSA) is 80.2 Å². The second-order valence-electron chi connectivity index (χ2n) is 6.27. The summed E-state index contributed by atoms with van der Waals surface area (Å²) in [4.78, 5) is 11.5. The molecule has 0 radical (unpaired) electrons. The quantitative estimate of drug-likeness (QED) is 0.582. The van der Waals surface area contributed by atoms with Gasteiger partial charge in [-0.15, -0.1) is 0 Å². The van der Waals surface area contributed by atoms with Crippen molar-refractivity contribution in [2.45, 2.75) is 11.4 Å². The summed E-state index contributed by atoms with van der Waals surface area (Å²) in [5.41, 5.74) is 1.39. The molecule has 6 nitrogen and oxygen atoms in total. The lowest BCUT2D eigenvalue weighted by Crippen LogP contribution is -2.15. The molecule has 0 aliphatic rings. The first-order valence-corrected chi connectivity index (χ1v) is 10.2. The molecule has 1 amide bonds. The van der Waals surface area contributed by atoms with Gasteiger partial charge in [0.05, 0.1) is 10.6 Å². The van der Waals surface area contributed by atoms with Crippen LogP contribution in [0, 0.1) is 5.82 Å². The van der Waals surface area contributed by atoms with Gasteiger partial charge >= 0.3 is 0 Å². The van der Waals surface area contributed by atoms with Crippen LogP contribution in [0.15, 0.2) is 78.3 Å². The number of anilines is 1. The lowest BCUT2D eigenvalue weighted by molar-refractivity contribution is -0.111. The Kier molecular flexibility index (Phi) is 5.95. The lowest BCUT2D eigenvalue weighted by atomic mass is 10.1. The maximum Gasteiger partial charge on any atom is 0.268 e. The maximum atomic E-state index is 14.4. The number of nitrogens with zero attached hydrogens (tertiary/aromatic N) is 1. The molecular weight excluding hydrogens is 393 g/mol. The molecule has 29 heavy (non-hydrogen) atoms. The van der Waals surface area contributed by atoms with Gasteiger partial charge in [-0.1, -0.05) is 24.8 Å². The third-order valence-electron chi connectivity index (χ3n) is 4.22. The van der Waals surface area contributed by atoms with E-state index in [-0.39, 0.29) is 16.2 Å². The predicted octanol–water partition coefficient (Wildman–Crippen LogP) is 3.38. The number of hydrogen-bond donors (Lipinski definition) is 2. The normalized spacial score (nSPS) is 11.2. The van der Waals surface area contributed by atoms with Crippen LogP contribution >= 0.6 is 0 Å². The maximum absolute atomic E-state index is 14.4. The van der Waals surface area contributed by atoms with Gasteiger partial charge in [-0.25, -0.2) is 16.8 Å². The third-order valence-corrected chi connectivity index (χ3v) is 5.89. The fourth-order valence-corrected chi connectivity index (χ4v) is 4.34. The summed E-state index contributed by atoms with van der Waals surface area (Å²) in [6, 6.07) is 13.5. The van der Waals surface area contributed by atoms with Gasteiger partial charge in [0.1, 0.15) is 5.82 Å². The van der Waals surface area contributed by atoms with E-state index >= 15 is 0 Å². The Balaban J connectivity index is 2.14. The Morgan fingerprint density at radius 2 is 1.93 bits per heavy atom. The Labute approximate surface area is 168 Å². The van der Waals surface area contributed by atoms with Crippen molar-refractivity contribution < 1.29 is 17.6 Å². The third kappa shape index (κ3) is 4.28. The van der Waals surface area contributed by atoms with Crippen molar-refractivity contribution in [1.29, 1.82) is 0 Å². The van der Waals surface area contributed by atoms with Crippen LogP contribution in [0.25, 0.3) is 11.3 Å². The van der Waals surface area contributed by atoms with E-state index in [4.69, 9.17) is 0 Å². The number of halogens is 1. The summed E-state index contributed by atoms with van der Waals surface area (Å²) in [5.74, 6) is -0.978. The lowest BCUT2D eigenvalue weighted by Gasteiger charge is -2.12. The van der Waals surface area contributed by atoms with Crippen molar-refractivity contribution in [3.63, 3.8) is 0 Å². The Morgan fingerprint density at radius 3 is 2.62 bits per heavy atom. The molecule has 2 aromatic carbocycles. The van der Waals surface area contributed by atoms with Gasteiger partial charge in [0.2, 0.25) is 5.91 Å². The van der Waals surface area contributed by atoms with Gasteiger partial charge < -0.3 is 10.6 Å². The smallest absolute Gasteiger partial charge is 0.268 e. The molecule has 1 aromatic heterocycles. The molecule has 0 atom stereocenters. The summed E-state index contributed by atoms with van der Waals surface area (Å²) in [7, 11) is -2.32. The molecule has 0 saturated heterocycles. The van der Waals surface area contributed by atoms with Gasteiger partial charge in [-0.05, 0) is 55.1 Å². The molecule has 0 fully saturated rings. The van der Waals surface area contributed by atoms with E-state index in [9.17, 15) is 17.6 Å². The van der Waals surface area contributed by atoms with Gasteiger partial charge in [0, 0.05) is 24.0 Å². The minimum absolute atomic E-state index is 0.0384. The summed E-state index contributed by atoms with van der Waals surface area (Å²) in [6.07, 6.45) is 2.55. The summed E-state index contributed by atoms with van der Waals surface area (Å²) >= 11 is 0. The zero-order valence-electron chi connectivity index (χ0n) is 15.7. The van der Waals surface area contributed by atoms with Crippen LogP contribution in [0.4, 0.5) is 10.1 Å². The van der Waals surface area contributed by atoms with Crippen molar-refractivity contribution in [2.75, 3.05) is 12.4 Å². The van der Waals surface area contributed by atoms with E-state index < -0.39 is 21.7 Å². The highest BCUT2D eigenvalue weighted by atomic mass is 32.2. The molecule has 0 unspecified atom stereocenters. The first-order valence-electron chi connectivity index (χ1n) is 8.76. The average Bonchev–Trinajstić information content (AvgIpc) is 3.13. The number of amides is 1. The van der Waals surface area contributed by atoms with Crippen LogP contribution in [-0.4, -0.2) is 25.3 Å². The van der Waals surface area contributed by atoms with E-state index in [1.807, 2.05) is 0 Å². The van der Waals surface area contributed by atoms with Crippen LogP contribution in [0.2, 0.25) is 0 Å².